The van der Waals surface area contributed by atoms with Crippen LogP contribution in [-0.4, -0.2) is 56.5 Å². The van der Waals surface area contributed by atoms with Crippen LogP contribution in [0.15, 0.2) is 42.7 Å². The van der Waals surface area contributed by atoms with Crippen LogP contribution in [0.25, 0.3) is 27.8 Å². The van der Waals surface area contributed by atoms with Crippen molar-refractivity contribution in [3.05, 3.63) is 48.5 Å². The van der Waals surface area contributed by atoms with Gasteiger partial charge in [0.25, 0.3) is 6.47 Å². The van der Waals surface area contributed by atoms with Crippen LogP contribution in [0.5, 0.6) is 0 Å². The summed E-state index contributed by atoms with van der Waals surface area (Å²) in [4.78, 5) is 24.6. The van der Waals surface area contributed by atoms with Gasteiger partial charge in [-0.25, -0.2) is 9.97 Å². The number of likely N-dealkylation sites (N-methyl/N-ethyl adjacent to an activating group) is 1. The first-order chi connectivity index (χ1) is 14.8. The van der Waals surface area contributed by atoms with E-state index in [1.165, 1.54) is 5.39 Å². The van der Waals surface area contributed by atoms with Crippen molar-refractivity contribution in [3.63, 3.8) is 0 Å². The fourth-order valence-electron chi connectivity index (χ4n) is 3.77. The Labute approximate surface area is 181 Å². The number of anilines is 1. The summed E-state index contributed by atoms with van der Waals surface area (Å²) in [5.74, 6) is 2.01. The molecule has 0 bridgehead atoms. The molecule has 1 saturated heterocycles. The summed E-state index contributed by atoms with van der Waals surface area (Å²) in [6.07, 6.45) is 3.70. The summed E-state index contributed by atoms with van der Waals surface area (Å²) in [6, 6.07) is 10.4. The van der Waals surface area contributed by atoms with Gasteiger partial charge in [-0.15, -0.1) is 0 Å². The Bertz CT molecular complexity index is 1180. The number of fused-ring (bicyclic) bond motifs is 2. The van der Waals surface area contributed by atoms with E-state index in [1.54, 1.807) is 6.20 Å². The Morgan fingerprint density at radius 2 is 2.00 bits per heavy atom. The number of hydrogen-bond donors (Lipinski definition) is 2. The number of aromatic nitrogens is 4. The zero-order chi connectivity index (χ0) is 22.2. The average molecular weight is 421 g/mol. The van der Waals surface area contributed by atoms with Crippen molar-refractivity contribution in [1.29, 1.82) is 0 Å². The van der Waals surface area contributed by atoms with Crippen LogP contribution >= 0.6 is 0 Å². The number of hydrogen-bond acceptors (Lipinski definition) is 6. The van der Waals surface area contributed by atoms with Crippen molar-refractivity contribution in [2.45, 2.75) is 32.3 Å². The van der Waals surface area contributed by atoms with Crippen molar-refractivity contribution >= 4 is 28.7 Å². The van der Waals surface area contributed by atoms with Crippen LogP contribution in [0, 0.1) is 0 Å². The predicted octanol–water partition coefficient (Wildman–Crippen LogP) is 3.45. The summed E-state index contributed by atoms with van der Waals surface area (Å²) in [5, 5.41) is 1.17. The topological polar surface area (TPSA) is 102 Å². The maximum absolute atomic E-state index is 9.60. The Morgan fingerprint density at radius 1 is 1.26 bits per heavy atom. The normalized spacial score (nSPS) is 14.8. The first-order valence-corrected chi connectivity index (χ1v) is 10.3. The molecular weight excluding hydrogens is 392 g/mol. The zero-order valence-electron chi connectivity index (χ0n) is 18.3. The molecule has 31 heavy (non-hydrogen) atoms. The Balaban J connectivity index is 0.000000289. The van der Waals surface area contributed by atoms with Crippen molar-refractivity contribution in [1.82, 2.24) is 24.3 Å². The molecule has 0 spiro atoms. The van der Waals surface area contributed by atoms with Crippen molar-refractivity contribution in [2.75, 3.05) is 25.9 Å². The number of rotatable bonds is 3. The molecule has 8 nitrogen and oxygen atoms in total. The number of H-pyrrole nitrogens is 1. The number of carbonyl (C=O) groups is 1. The quantitative estimate of drug-likeness (QED) is 0.492. The first-order valence-electron chi connectivity index (χ1n) is 10.3. The van der Waals surface area contributed by atoms with Gasteiger partial charge in [0.2, 0.25) is 0 Å². The zero-order valence-corrected chi connectivity index (χ0v) is 18.3. The highest BCUT2D eigenvalue weighted by Gasteiger charge is 2.30. The number of aromatic amines is 1. The second-order valence-corrected chi connectivity index (χ2v) is 8.86. The average Bonchev–Trinajstić information content (AvgIpc) is 3.27. The van der Waals surface area contributed by atoms with Crippen molar-refractivity contribution in [2.24, 2.45) is 0 Å². The second-order valence-electron chi connectivity index (χ2n) is 8.86. The second kappa shape index (κ2) is 8.03. The molecule has 0 unspecified atom stereocenters. The Morgan fingerprint density at radius 3 is 2.61 bits per heavy atom. The molecule has 1 fully saturated rings. The van der Waals surface area contributed by atoms with Crippen LogP contribution in [0.2, 0.25) is 0 Å². The minimum Gasteiger partial charge on any atom is -0.462 e. The van der Waals surface area contributed by atoms with Crippen LogP contribution in [0.1, 0.15) is 32.5 Å². The molecule has 3 aromatic heterocycles. The smallest absolute Gasteiger partial charge is 0.293 e. The Hall–Kier alpha value is -3.39. The molecule has 5 rings (SSSR count). The number of nitrogens with two attached hydrogens (primary N) is 1. The third-order valence-electron chi connectivity index (χ3n) is 5.23. The van der Waals surface area contributed by atoms with Gasteiger partial charge in [0, 0.05) is 42.3 Å². The molecule has 0 amide bonds. The number of para-hydroxylation sites is 1. The molecule has 4 heterocycles. The summed E-state index contributed by atoms with van der Waals surface area (Å²) < 4.78 is 6.65. The van der Waals surface area contributed by atoms with Gasteiger partial charge in [-0.1, -0.05) is 18.2 Å². The van der Waals surface area contributed by atoms with E-state index in [2.05, 4.69) is 49.3 Å². The lowest BCUT2D eigenvalue weighted by Crippen LogP contribution is -2.42. The number of nitrogens with one attached hydrogen (secondary N) is 1. The standard InChI is InChI=1S/C18H18N6.C5H10O2/c1-23-9-12(10-23)18-22-15(16-17(19)20-6-7-24(16)18)14-8-11-4-2-3-5-13(11)21-14;1-5(2,3)7-4-6/h2-8,12,21H,9-10H2,1H3,(H2,19,20);4H,1-3H3. The fourth-order valence-corrected chi connectivity index (χ4v) is 3.77. The molecular formula is C23H28N6O2. The largest absolute Gasteiger partial charge is 0.462 e. The van der Waals surface area contributed by atoms with Crippen LogP contribution in [-0.2, 0) is 9.53 Å². The molecule has 0 aliphatic carbocycles. The number of likely N-dealkylation sites (tertiary alicyclic amines) is 1. The summed E-state index contributed by atoms with van der Waals surface area (Å²) in [7, 11) is 2.13. The third-order valence-corrected chi connectivity index (χ3v) is 5.23. The van der Waals surface area contributed by atoms with E-state index < -0.39 is 0 Å². The highest BCUT2D eigenvalue weighted by Crippen LogP contribution is 2.34. The number of ether oxygens (including phenoxy) is 1. The van der Waals surface area contributed by atoms with E-state index in [0.29, 0.717) is 18.2 Å². The van der Waals surface area contributed by atoms with Gasteiger partial charge in [0.05, 0.1) is 5.69 Å². The molecule has 8 heteroatoms. The molecule has 0 atom stereocenters. The molecule has 0 radical (unpaired) electrons. The highest BCUT2D eigenvalue weighted by molar-refractivity contribution is 5.91. The highest BCUT2D eigenvalue weighted by atomic mass is 16.5. The minimum absolute atomic E-state index is 0.318. The van der Waals surface area contributed by atoms with E-state index in [1.807, 2.05) is 39.1 Å². The van der Waals surface area contributed by atoms with Crippen molar-refractivity contribution in [3.8, 4) is 11.4 Å². The van der Waals surface area contributed by atoms with Gasteiger partial charge >= 0.3 is 0 Å². The summed E-state index contributed by atoms with van der Waals surface area (Å²) in [5.41, 5.74) is 9.71. The number of nitrogen functional groups attached to an aromatic ring is 1. The molecule has 3 N–H and O–H groups in total. The van der Waals surface area contributed by atoms with E-state index >= 15 is 0 Å². The summed E-state index contributed by atoms with van der Waals surface area (Å²) >= 11 is 0. The predicted molar refractivity (Wildman–Crippen MR) is 122 cm³/mol. The van der Waals surface area contributed by atoms with Gasteiger partial charge in [-0.3, -0.25) is 9.20 Å². The van der Waals surface area contributed by atoms with Gasteiger partial charge in [0.1, 0.15) is 28.5 Å². The van der Waals surface area contributed by atoms with Crippen molar-refractivity contribution < 1.29 is 9.53 Å². The number of imidazole rings is 1. The van der Waals surface area contributed by atoms with E-state index in [-0.39, 0.29) is 5.60 Å². The lowest BCUT2D eigenvalue weighted by Gasteiger charge is -2.35. The lowest BCUT2D eigenvalue weighted by atomic mass is 10.0. The SMILES string of the molecule is CC(C)(C)OC=O.CN1CC(c2nc(-c3cc4ccccc4[nH]3)c3c(N)nccn23)C1. The van der Waals surface area contributed by atoms with Crippen LogP contribution in [0.4, 0.5) is 5.82 Å². The number of nitrogens with zero attached hydrogens (tertiary/aromatic N) is 4. The third kappa shape index (κ3) is 4.25. The molecule has 1 aliphatic rings. The van der Waals surface area contributed by atoms with Gasteiger partial charge in [0.15, 0.2) is 0 Å². The maximum atomic E-state index is 9.60. The minimum atomic E-state index is -0.318. The van der Waals surface area contributed by atoms with E-state index in [0.717, 1.165) is 41.3 Å². The maximum Gasteiger partial charge on any atom is 0.293 e. The van der Waals surface area contributed by atoms with Crippen LogP contribution < -0.4 is 5.73 Å². The first kappa shape index (κ1) is 20.9. The molecule has 162 valence electrons. The van der Waals surface area contributed by atoms with E-state index in [4.69, 9.17) is 10.7 Å². The fraction of sp³-hybridized carbons (Fsp3) is 0.348. The Kier molecular flexibility index (Phi) is 5.41. The van der Waals surface area contributed by atoms with Gasteiger partial charge in [-0.2, -0.15) is 0 Å². The molecule has 1 aromatic carbocycles. The summed E-state index contributed by atoms with van der Waals surface area (Å²) in [6.45, 7) is 7.96. The van der Waals surface area contributed by atoms with E-state index in [9.17, 15) is 4.79 Å². The lowest BCUT2D eigenvalue weighted by molar-refractivity contribution is -0.138. The van der Waals surface area contributed by atoms with Gasteiger partial charge in [-0.05, 0) is 40.0 Å². The monoisotopic (exact) mass is 420 g/mol. The number of benzene rings is 1. The number of carbonyl (C=O) groups excluding carboxylic acids is 1. The molecule has 1 aliphatic heterocycles. The molecule has 4 aromatic rings. The van der Waals surface area contributed by atoms with Crippen LogP contribution in [0.3, 0.4) is 0 Å². The van der Waals surface area contributed by atoms with Gasteiger partial charge < -0.3 is 20.4 Å². The molecule has 0 saturated carbocycles.